The highest BCUT2D eigenvalue weighted by Crippen LogP contribution is 2.24. The maximum absolute atomic E-state index is 4.69. The average molecular weight is 282 g/mol. The average Bonchev–Trinajstić information content (AvgIpc) is 2.54. The minimum atomic E-state index is 0.956. The molecule has 3 nitrogen and oxygen atoms in total. The van der Waals surface area contributed by atoms with Crippen LogP contribution in [0.3, 0.4) is 0 Å². The number of aromatic nitrogens is 2. The van der Waals surface area contributed by atoms with Gasteiger partial charge >= 0.3 is 0 Å². The zero-order valence-electron chi connectivity index (χ0n) is 9.84. The van der Waals surface area contributed by atoms with Crippen molar-refractivity contribution >= 4 is 27.0 Å². The van der Waals surface area contributed by atoms with Crippen molar-refractivity contribution in [3.8, 4) is 0 Å². The van der Waals surface area contributed by atoms with Crippen molar-refractivity contribution in [3.05, 3.63) is 28.0 Å². The lowest BCUT2D eigenvalue weighted by molar-refractivity contribution is 0.726. The second-order valence-electron chi connectivity index (χ2n) is 4.03. The number of imidazole rings is 1. The number of likely N-dealkylation sites (N-methyl/N-ethyl adjacent to an activating group) is 1. The lowest BCUT2D eigenvalue weighted by atomic mass is 10.2. The molecule has 0 aliphatic carbocycles. The Morgan fingerprint density at radius 2 is 2.19 bits per heavy atom. The molecule has 2 aromatic rings. The predicted molar refractivity (Wildman–Crippen MR) is 70.8 cm³/mol. The van der Waals surface area contributed by atoms with Crippen molar-refractivity contribution in [3.63, 3.8) is 0 Å². The van der Waals surface area contributed by atoms with E-state index in [9.17, 15) is 0 Å². The van der Waals surface area contributed by atoms with Crippen LogP contribution in [0.4, 0.5) is 0 Å². The first-order chi connectivity index (χ1) is 7.63. The van der Waals surface area contributed by atoms with Crippen LogP contribution in [0.2, 0.25) is 0 Å². The van der Waals surface area contributed by atoms with Gasteiger partial charge in [0.25, 0.3) is 0 Å². The maximum atomic E-state index is 4.69. The van der Waals surface area contributed by atoms with Crippen molar-refractivity contribution in [2.45, 2.75) is 13.3 Å². The number of halogens is 1. The summed E-state index contributed by atoms with van der Waals surface area (Å²) in [6.45, 7) is 3.05. The van der Waals surface area contributed by atoms with E-state index in [1.54, 1.807) is 0 Å². The summed E-state index contributed by atoms with van der Waals surface area (Å²) in [6, 6.07) is 4.23. The van der Waals surface area contributed by atoms with Crippen molar-refractivity contribution in [1.82, 2.24) is 14.9 Å². The molecule has 0 amide bonds. The lowest BCUT2D eigenvalue weighted by Crippen LogP contribution is -2.12. The van der Waals surface area contributed by atoms with Crippen LogP contribution < -0.4 is 5.32 Å². The molecule has 0 saturated carbocycles. The number of nitrogens with zero attached hydrogens (tertiary/aromatic N) is 2. The first kappa shape index (κ1) is 11.6. The van der Waals surface area contributed by atoms with E-state index >= 15 is 0 Å². The minimum Gasteiger partial charge on any atom is -0.331 e. The van der Waals surface area contributed by atoms with Crippen LogP contribution >= 0.6 is 15.9 Å². The highest BCUT2D eigenvalue weighted by atomic mass is 79.9. The summed E-state index contributed by atoms with van der Waals surface area (Å²) < 4.78 is 3.28. The number of hydrogen-bond donors (Lipinski definition) is 1. The van der Waals surface area contributed by atoms with E-state index in [1.165, 1.54) is 11.1 Å². The molecule has 2 rings (SSSR count). The molecule has 0 fully saturated rings. The van der Waals surface area contributed by atoms with Crippen molar-refractivity contribution in [2.24, 2.45) is 7.05 Å². The first-order valence-corrected chi connectivity index (χ1v) is 6.19. The second-order valence-corrected chi connectivity index (χ2v) is 4.95. The van der Waals surface area contributed by atoms with E-state index in [4.69, 9.17) is 4.98 Å². The Labute approximate surface area is 104 Å². The Bertz CT molecular complexity index is 516. The van der Waals surface area contributed by atoms with Crippen molar-refractivity contribution in [1.29, 1.82) is 0 Å². The van der Waals surface area contributed by atoms with Crippen LogP contribution in [0.25, 0.3) is 11.0 Å². The van der Waals surface area contributed by atoms with Crippen LogP contribution in [0.15, 0.2) is 16.6 Å². The fourth-order valence-electron chi connectivity index (χ4n) is 1.92. The third-order valence-corrected chi connectivity index (χ3v) is 3.29. The summed E-state index contributed by atoms with van der Waals surface area (Å²) in [5.41, 5.74) is 3.52. The molecule has 16 heavy (non-hydrogen) atoms. The SMILES string of the molecule is CNCCc1nc2c(C)cc(Br)cc2n1C. The largest absolute Gasteiger partial charge is 0.331 e. The van der Waals surface area contributed by atoms with Gasteiger partial charge in [-0.1, -0.05) is 15.9 Å². The molecule has 0 unspecified atom stereocenters. The maximum Gasteiger partial charge on any atom is 0.110 e. The van der Waals surface area contributed by atoms with E-state index in [0.717, 1.165) is 28.8 Å². The van der Waals surface area contributed by atoms with E-state index in [1.807, 2.05) is 7.05 Å². The lowest BCUT2D eigenvalue weighted by Gasteiger charge is -2.02. The Morgan fingerprint density at radius 3 is 2.88 bits per heavy atom. The minimum absolute atomic E-state index is 0.956. The van der Waals surface area contributed by atoms with Crippen LogP contribution in [-0.4, -0.2) is 23.1 Å². The third kappa shape index (κ3) is 1.99. The molecule has 1 aromatic heterocycles. The topological polar surface area (TPSA) is 29.9 Å². The molecule has 86 valence electrons. The molecule has 1 heterocycles. The molecule has 1 N–H and O–H groups in total. The standard InChI is InChI=1S/C12H16BrN3/c1-8-6-9(13)7-10-12(8)15-11(16(10)3)4-5-14-2/h6-7,14H,4-5H2,1-3H3. The fourth-order valence-corrected chi connectivity index (χ4v) is 2.48. The number of benzene rings is 1. The summed E-state index contributed by atoms with van der Waals surface area (Å²) in [4.78, 5) is 4.69. The van der Waals surface area contributed by atoms with Gasteiger partial charge < -0.3 is 9.88 Å². The van der Waals surface area contributed by atoms with Crippen LogP contribution in [-0.2, 0) is 13.5 Å². The monoisotopic (exact) mass is 281 g/mol. The summed E-state index contributed by atoms with van der Waals surface area (Å²) in [5.74, 6) is 1.13. The summed E-state index contributed by atoms with van der Waals surface area (Å²) in [7, 11) is 4.04. The zero-order valence-corrected chi connectivity index (χ0v) is 11.4. The molecule has 0 saturated heterocycles. The molecule has 0 spiro atoms. The molecule has 0 bridgehead atoms. The predicted octanol–water partition coefficient (Wildman–Crippen LogP) is 2.41. The number of rotatable bonds is 3. The fraction of sp³-hybridized carbons (Fsp3) is 0.417. The van der Waals surface area contributed by atoms with Gasteiger partial charge in [-0.15, -0.1) is 0 Å². The number of aryl methyl sites for hydroxylation is 2. The van der Waals surface area contributed by atoms with Gasteiger partial charge in [-0.3, -0.25) is 0 Å². The summed E-state index contributed by atoms with van der Waals surface area (Å²) >= 11 is 3.53. The Kier molecular flexibility index (Phi) is 3.30. The molecule has 4 heteroatoms. The van der Waals surface area contributed by atoms with Gasteiger partial charge in [0.15, 0.2) is 0 Å². The highest BCUT2D eigenvalue weighted by Gasteiger charge is 2.09. The van der Waals surface area contributed by atoms with Gasteiger partial charge in [0, 0.05) is 24.5 Å². The van der Waals surface area contributed by atoms with Gasteiger partial charge in [0.1, 0.15) is 5.82 Å². The van der Waals surface area contributed by atoms with E-state index in [-0.39, 0.29) is 0 Å². The second kappa shape index (κ2) is 4.55. The van der Waals surface area contributed by atoms with Gasteiger partial charge in [0.05, 0.1) is 11.0 Å². The quantitative estimate of drug-likeness (QED) is 0.937. The normalized spacial score (nSPS) is 11.2. The molecular formula is C12H16BrN3. The number of nitrogens with one attached hydrogen (secondary N) is 1. The number of hydrogen-bond acceptors (Lipinski definition) is 2. The molecule has 1 aromatic carbocycles. The molecule has 0 atom stereocenters. The van der Waals surface area contributed by atoms with E-state index < -0.39 is 0 Å². The molecule has 0 radical (unpaired) electrons. The van der Waals surface area contributed by atoms with Gasteiger partial charge in [-0.2, -0.15) is 0 Å². The summed E-state index contributed by atoms with van der Waals surface area (Å²) in [6.07, 6.45) is 0.957. The first-order valence-electron chi connectivity index (χ1n) is 5.39. The molecule has 0 aliphatic rings. The molecule has 0 aliphatic heterocycles. The Morgan fingerprint density at radius 1 is 1.44 bits per heavy atom. The van der Waals surface area contributed by atoms with Gasteiger partial charge in [-0.25, -0.2) is 4.98 Å². The van der Waals surface area contributed by atoms with Crippen LogP contribution in [0, 0.1) is 6.92 Å². The van der Waals surface area contributed by atoms with Crippen LogP contribution in [0.5, 0.6) is 0 Å². The van der Waals surface area contributed by atoms with Crippen molar-refractivity contribution in [2.75, 3.05) is 13.6 Å². The van der Waals surface area contributed by atoms with Gasteiger partial charge in [-0.05, 0) is 31.7 Å². The van der Waals surface area contributed by atoms with Crippen LogP contribution in [0.1, 0.15) is 11.4 Å². The highest BCUT2D eigenvalue weighted by molar-refractivity contribution is 9.10. The van der Waals surface area contributed by atoms with Crippen molar-refractivity contribution < 1.29 is 0 Å². The zero-order chi connectivity index (χ0) is 11.7. The smallest absolute Gasteiger partial charge is 0.110 e. The van der Waals surface area contributed by atoms with Gasteiger partial charge in [0.2, 0.25) is 0 Å². The Hall–Kier alpha value is -0.870. The Balaban J connectivity index is 2.54. The van der Waals surface area contributed by atoms with E-state index in [2.05, 4.69) is 51.9 Å². The number of fused-ring (bicyclic) bond motifs is 1. The van der Waals surface area contributed by atoms with E-state index in [0.29, 0.717) is 0 Å². The third-order valence-electron chi connectivity index (χ3n) is 2.83. The summed E-state index contributed by atoms with van der Waals surface area (Å²) in [5, 5.41) is 3.15. The molecular weight excluding hydrogens is 266 g/mol.